The first-order chi connectivity index (χ1) is 11.9. The Balaban J connectivity index is 2.19. The van der Waals surface area contributed by atoms with Gasteiger partial charge in [-0.1, -0.05) is 36.4 Å². The van der Waals surface area contributed by atoms with Crippen LogP contribution in [0.3, 0.4) is 0 Å². The lowest BCUT2D eigenvalue weighted by molar-refractivity contribution is -0.141. The normalized spacial score (nSPS) is 11.8. The predicted octanol–water partition coefficient (Wildman–Crippen LogP) is 2.64. The second-order valence-corrected chi connectivity index (χ2v) is 5.99. The van der Waals surface area contributed by atoms with Gasteiger partial charge < -0.3 is 14.7 Å². The molecule has 1 atom stereocenters. The van der Waals surface area contributed by atoms with Crippen LogP contribution in [0.4, 0.5) is 0 Å². The third-order valence-corrected chi connectivity index (χ3v) is 3.64. The van der Waals surface area contributed by atoms with Crippen molar-refractivity contribution in [3.8, 4) is 5.88 Å². The van der Waals surface area contributed by atoms with Crippen LogP contribution in [-0.4, -0.2) is 46.1 Å². The number of likely N-dealkylation sites (N-methyl/N-ethyl adjacent to an activating group) is 1. The third kappa shape index (κ3) is 5.04. The van der Waals surface area contributed by atoms with Crippen LogP contribution in [0.2, 0.25) is 0 Å². The molecular formula is C19H22N2O4. The van der Waals surface area contributed by atoms with E-state index in [0.717, 1.165) is 5.56 Å². The van der Waals surface area contributed by atoms with Gasteiger partial charge in [-0.25, -0.2) is 9.78 Å². The molecule has 0 saturated carbocycles. The van der Waals surface area contributed by atoms with E-state index in [1.807, 2.05) is 44.2 Å². The molecule has 1 aromatic heterocycles. The van der Waals surface area contributed by atoms with E-state index in [1.54, 1.807) is 18.2 Å². The number of rotatable bonds is 7. The number of amides is 1. The number of carboxylic acids is 1. The van der Waals surface area contributed by atoms with Gasteiger partial charge in [-0.2, -0.15) is 0 Å². The summed E-state index contributed by atoms with van der Waals surface area (Å²) in [5.74, 6) is -1.18. The summed E-state index contributed by atoms with van der Waals surface area (Å²) in [6.45, 7) is 3.73. The summed E-state index contributed by atoms with van der Waals surface area (Å²) in [4.78, 5) is 29.7. The minimum atomic E-state index is -1.06. The number of hydrogen-bond acceptors (Lipinski definition) is 4. The van der Waals surface area contributed by atoms with Crippen LogP contribution in [0.25, 0.3) is 0 Å². The summed E-state index contributed by atoms with van der Waals surface area (Å²) >= 11 is 0. The van der Waals surface area contributed by atoms with E-state index in [0.29, 0.717) is 5.88 Å². The summed E-state index contributed by atoms with van der Waals surface area (Å²) in [5, 5.41) is 9.54. The number of carboxylic acid groups (broad SMARTS) is 1. The molecule has 0 spiro atoms. The summed E-state index contributed by atoms with van der Waals surface area (Å²) in [6.07, 6.45) is 0.154. The maximum Gasteiger partial charge on any atom is 0.326 e. The molecule has 2 aromatic rings. The van der Waals surface area contributed by atoms with Gasteiger partial charge in [-0.15, -0.1) is 0 Å². The maximum absolute atomic E-state index is 12.7. The molecule has 0 fully saturated rings. The fourth-order valence-electron chi connectivity index (χ4n) is 2.39. The van der Waals surface area contributed by atoms with Crippen LogP contribution in [0.5, 0.6) is 5.88 Å². The molecule has 0 aliphatic carbocycles. The molecule has 1 unspecified atom stereocenters. The zero-order chi connectivity index (χ0) is 18.4. The molecule has 6 heteroatoms. The molecule has 1 aromatic carbocycles. The van der Waals surface area contributed by atoms with Crippen LogP contribution in [-0.2, 0) is 11.2 Å². The second-order valence-electron chi connectivity index (χ2n) is 5.99. The summed E-state index contributed by atoms with van der Waals surface area (Å²) in [7, 11) is 1.47. The average molecular weight is 342 g/mol. The van der Waals surface area contributed by atoms with Gasteiger partial charge in [-0.05, 0) is 25.5 Å². The molecule has 1 N–H and O–H groups in total. The highest BCUT2D eigenvalue weighted by molar-refractivity contribution is 5.95. The number of aliphatic carboxylic acids is 1. The van der Waals surface area contributed by atoms with Crippen LogP contribution in [0, 0.1) is 0 Å². The smallest absolute Gasteiger partial charge is 0.326 e. The van der Waals surface area contributed by atoms with E-state index in [-0.39, 0.29) is 18.2 Å². The Labute approximate surface area is 147 Å². The number of benzene rings is 1. The lowest BCUT2D eigenvalue weighted by atomic mass is 10.0. The van der Waals surface area contributed by atoms with Gasteiger partial charge in [0.1, 0.15) is 11.7 Å². The highest BCUT2D eigenvalue weighted by Crippen LogP contribution is 2.14. The Hall–Kier alpha value is -2.89. The number of carbonyl (C=O) groups excluding carboxylic acids is 1. The Morgan fingerprint density at radius 1 is 1.12 bits per heavy atom. The van der Waals surface area contributed by atoms with Crippen LogP contribution in [0.15, 0.2) is 48.5 Å². The lowest BCUT2D eigenvalue weighted by Gasteiger charge is -2.25. The zero-order valence-electron chi connectivity index (χ0n) is 14.5. The molecule has 25 heavy (non-hydrogen) atoms. The first-order valence-electron chi connectivity index (χ1n) is 8.06. The minimum absolute atomic E-state index is 0.0690. The van der Waals surface area contributed by atoms with Crippen molar-refractivity contribution < 1.29 is 19.4 Å². The van der Waals surface area contributed by atoms with Crippen LogP contribution >= 0.6 is 0 Å². The number of hydrogen-bond donors (Lipinski definition) is 1. The molecule has 0 saturated heterocycles. The van der Waals surface area contributed by atoms with Gasteiger partial charge in [0, 0.05) is 19.5 Å². The molecule has 0 radical (unpaired) electrons. The standard InChI is InChI=1S/C19H22N2O4/c1-13(2)25-17-11-7-10-15(20-17)18(22)21(3)16(19(23)24)12-14-8-5-4-6-9-14/h4-11,13,16H,12H2,1-3H3,(H,23,24). The molecule has 0 bridgehead atoms. The fourth-order valence-corrected chi connectivity index (χ4v) is 2.39. The van der Waals surface area contributed by atoms with Crippen molar-refractivity contribution in [2.45, 2.75) is 32.4 Å². The first kappa shape index (κ1) is 18.4. The molecule has 6 nitrogen and oxygen atoms in total. The average Bonchev–Trinajstić information content (AvgIpc) is 2.58. The molecule has 1 amide bonds. The predicted molar refractivity (Wildman–Crippen MR) is 93.7 cm³/mol. The lowest BCUT2D eigenvalue weighted by Crippen LogP contribution is -2.44. The number of carbonyl (C=O) groups is 2. The molecule has 2 rings (SSSR count). The SMILES string of the molecule is CC(C)Oc1cccc(C(=O)N(C)C(Cc2ccccc2)C(=O)O)n1. The van der Waals surface area contributed by atoms with Gasteiger partial charge in [-0.3, -0.25) is 4.79 Å². The Kier molecular flexibility index (Phi) is 6.11. The molecule has 0 aliphatic rings. The van der Waals surface area contributed by atoms with E-state index in [4.69, 9.17) is 4.74 Å². The number of ether oxygens (including phenoxy) is 1. The highest BCUT2D eigenvalue weighted by Gasteiger charge is 2.28. The van der Waals surface area contributed by atoms with Gasteiger partial charge in [0.15, 0.2) is 0 Å². The summed E-state index contributed by atoms with van der Waals surface area (Å²) in [5.41, 5.74) is 0.999. The number of nitrogens with zero attached hydrogens (tertiary/aromatic N) is 2. The third-order valence-electron chi connectivity index (χ3n) is 3.64. The van der Waals surface area contributed by atoms with Crippen LogP contribution in [0.1, 0.15) is 29.9 Å². The van der Waals surface area contributed by atoms with Crippen molar-refractivity contribution in [2.75, 3.05) is 7.05 Å². The van der Waals surface area contributed by atoms with E-state index >= 15 is 0 Å². The fraction of sp³-hybridized carbons (Fsp3) is 0.316. The molecule has 1 heterocycles. The Bertz CT molecular complexity index is 731. The number of pyridine rings is 1. The van der Waals surface area contributed by atoms with Crippen molar-refractivity contribution in [1.29, 1.82) is 0 Å². The first-order valence-corrected chi connectivity index (χ1v) is 8.06. The molecule has 132 valence electrons. The molecular weight excluding hydrogens is 320 g/mol. The van der Waals surface area contributed by atoms with E-state index in [2.05, 4.69) is 4.98 Å². The monoisotopic (exact) mass is 342 g/mol. The van der Waals surface area contributed by atoms with Crippen LogP contribution < -0.4 is 4.74 Å². The van der Waals surface area contributed by atoms with Crippen molar-refractivity contribution in [1.82, 2.24) is 9.88 Å². The van der Waals surface area contributed by atoms with E-state index in [1.165, 1.54) is 11.9 Å². The van der Waals surface area contributed by atoms with Gasteiger partial charge in [0.2, 0.25) is 5.88 Å². The Morgan fingerprint density at radius 2 is 1.80 bits per heavy atom. The van der Waals surface area contributed by atoms with Gasteiger partial charge in [0.05, 0.1) is 6.10 Å². The quantitative estimate of drug-likeness (QED) is 0.837. The van der Waals surface area contributed by atoms with Gasteiger partial charge >= 0.3 is 5.97 Å². The second kappa shape index (κ2) is 8.28. The van der Waals surface area contributed by atoms with Crippen molar-refractivity contribution >= 4 is 11.9 Å². The molecule has 0 aliphatic heterocycles. The van der Waals surface area contributed by atoms with Crippen molar-refractivity contribution in [3.05, 3.63) is 59.8 Å². The topological polar surface area (TPSA) is 79.7 Å². The van der Waals surface area contributed by atoms with Crippen molar-refractivity contribution in [2.24, 2.45) is 0 Å². The number of aromatic nitrogens is 1. The maximum atomic E-state index is 12.7. The largest absolute Gasteiger partial charge is 0.480 e. The van der Waals surface area contributed by atoms with E-state index in [9.17, 15) is 14.7 Å². The zero-order valence-corrected chi connectivity index (χ0v) is 14.5. The van der Waals surface area contributed by atoms with Crippen molar-refractivity contribution in [3.63, 3.8) is 0 Å². The summed E-state index contributed by atoms with van der Waals surface area (Å²) < 4.78 is 5.49. The Morgan fingerprint density at radius 3 is 2.40 bits per heavy atom. The summed E-state index contributed by atoms with van der Waals surface area (Å²) in [6, 6.07) is 13.1. The highest BCUT2D eigenvalue weighted by atomic mass is 16.5. The van der Waals surface area contributed by atoms with Gasteiger partial charge in [0.25, 0.3) is 5.91 Å². The van der Waals surface area contributed by atoms with E-state index < -0.39 is 17.9 Å². The minimum Gasteiger partial charge on any atom is -0.480 e.